The minimum absolute atomic E-state index is 0.393. The molecule has 0 bridgehead atoms. The normalized spacial score (nSPS) is 10.1. The van der Waals surface area contributed by atoms with Gasteiger partial charge in [-0.05, 0) is 38.0 Å². The number of carbonyl (C=O) groups is 2. The number of hydrogen-bond donors (Lipinski definition) is 2. The third kappa shape index (κ3) is 5.81. The van der Waals surface area contributed by atoms with E-state index in [0.717, 1.165) is 5.56 Å². The van der Waals surface area contributed by atoms with Gasteiger partial charge in [0.25, 0.3) is 0 Å². The lowest BCUT2D eigenvalue weighted by Gasteiger charge is -2.13. The van der Waals surface area contributed by atoms with E-state index in [-0.39, 0.29) is 0 Å². The molecule has 2 amide bonds. The molecule has 0 aliphatic heterocycles. The van der Waals surface area contributed by atoms with Crippen LogP contribution in [0.15, 0.2) is 48.5 Å². The van der Waals surface area contributed by atoms with Crippen LogP contribution in [0.2, 0.25) is 0 Å². The van der Waals surface area contributed by atoms with Gasteiger partial charge in [-0.2, -0.15) is 0 Å². The minimum Gasteiger partial charge on any atom is -0.490 e. The molecule has 2 aromatic rings. The summed E-state index contributed by atoms with van der Waals surface area (Å²) in [5.74, 6) is -0.270. The highest BCUT2D eigenvalue weighted by molar-refractivity contribution is 6.39. The molecule has 2 N–H and O–H groups in total. The average molecular weight is 356 g/mol. The Morgan fingerprint density at radius 3 is 2.27 bits per heavy atom. The molecule has 0 unspecified atom stereocenters. The predicted octanol–water partition coefficient (Wildman–Crippen LogP) is 2.78. The van der Waals surface area contributed by atoms with Crippen molar-refractivity contribution in [3.05, 3.63) is 54.1 Å². The van der Waals surface area contributed by atoms with E-state index >= 15 is 0 Å². The smallest absolute Gasteiger partial charge is 0.313 e. The number of ether oxygens (including phenoxy) is 2. The highest BCUT2D eigenvalue weighted by Crippen LogP contribution is 2.30. The predicted molar refractivity (Wildman–Crippen MR) is 101 cm³/mol. The maximum Gasteiger partial charge on any atom is 0.313 e. The van der Waals surface area contributed by atoms with E-state index in [1.807, 2.05) is 44.2 Å². The van der Waals surface area contributed by atoms with Crippen molar-refractivity contribution in [3.8, 4) is 11.5 Å². The van der Waals surface area contributed by atoms with Gasteiger partial charge in [0.15, 0.2) is 11.5 Å². The zero-order valence-corrected chi connectivity index (χ0v) is 15.1. The zero-order valence-electron chi connectivity index (χ0n) is 15.1. The standard InChI is InChI=1S/C20H24N2O4/c1-3-25-17-11-10-16(14-18(17)26-4-2)22-20(24)19(23)21-13-12-15-8-6-5-7-9-15/h5-11,14H,3-4,12-13H2,1-2H3,(H,21,23)(H,22,24). The zero-order chi connectivity index (χ0) is 18.8. The van der Waals surface area contributed by atoms with Crippen molar-refractivity contribution >= 4 is 17.5 Å². The molecule has 138 valence electrons. The van der Waals surface area contributed by atoms with E-state index in [2.05, 4.69) is 10.6 Å². The molecule has 6 nitrogen and oxygen atoms in total. The fourth-order valence-corrected chi connectivity index (χ4v) is 2.36. The van der Waals surface area contributed by atoms with Crippen LogP contribution in [-0.2, 0) is 16.0 Å². The summed E-state index contributed by atoms with van der Waals surface area (Å²) in [5.41, 5.74) is 1.57. The molecule has 0 aliphatic carbocycles. The van der Waals surface area contributed by atoms with E-state index < -0.39 is 11.8 Å². The fraction of sp³-hybridized carbons (Fsp3) is 0.300. The topological polar surface area (TPSA) is 76.7 Å². The van der Waals surface area contributed by atoms with Crippen LogP contribution in [0.3, 0.4) is 0 Å². The molecule has 0 aromatic heterocycles. The van der Waals surface area contributed by atoms with Crippen molar-refractivity contribution in [1.82, 2.24) is 5.32 Å². The Bertz CT molecular complexity index is 732. The Hall–Kier alpha value is -3.02. The Labute approximate surface area is 153 Å². The number of carbonyl (C=O) groups excluding carboxylic acids is 2. The molecule has 0 aliphatic rings. The lowest BCUT2D eigenvalue weighted by Crippen LogP contribution is -2.36. The molecular weight excluding hydrogens is 332 g/mol. The molecule has 0 saturated heterocycles. The van der Waals surface area contributed by atoms with Crippen molar-refractivity contribution in [2.24, 2.45) is 0 Å². The summed E-state index contributed by atoms with van der Waals surface area (Å²) < 4.78 is 11.0. The highest BCUT2D eigenvalue weighted by Gasteiger charge is 2.14. The van der Waals surface area contributed by atoms with Crippen molar-refractivity contribution in [3.63, 3.8) is 0 Å². The van der Waals surface area contributed by atoms with Crippen molar-refractivity contribution in [2.75, 3.05) is 25.1 Å². The molecule has 0 atom stereocenters. The number of benzene rings is 2. The maximum absolute atomic E-state index is 12.0. The van der Waals surface area contributed by atoms with Gasteiger partial charge >= 0.3 is 11.8 Å². The molecule has 2 rings (SSSR count). The number of anilines is 1. The van der Waals surface area contributed by atoms with Gasteiger partial charge in [-0.25, -0.2) is 0 Å². The molecule has 2 aromatic carbocycles. The van der Waals surface area contributed by atoms with Gasteiger partial charge in [-0.3, -0.25) is 9.59 Å². The third-order valence-electron chi connectivity index (χ3n) is 3.55. The Morgan fingerprint density at radius 1 is 0.885 bits per heavy atom. The SMILES string of the molecule is CCOc1ccc(NC(=O)C(=O)NCCc2ccccc2)cc1OCC. The monoisotopic (exact) mass is 356 g/mol. The van der Waals surface area contributed by atoms with Gasteiger partial charge in [-0.15, -0.1) is 0 Å². The largest absolute Gasteiger partial charge is 0.490 e. The van der Waals surface area contributed by atoms with Crippen molar-refractivity contribution in [1.29, 1.82) is 0 Å². The van der Waals surface area contributed by atoms with Crippen LogP contribution in [0.1, 0.15) is 19.4 Å². The first-order valence-corrected chi connectivity index (χ1v) is 8.66. The molecule has 0 saturated carbocycles. The van der Waals surface area contributed by atoms with Crippen LogP contribution in [-0.4, -0.2) is 31.6 Å². The molecule has 0 spiro atoms. The van der Waals surface area contributed by atoms with Crippen LogP contribution >= 0.6 is 0 Å². The summed E-state index contributed by atoms with van der Waals surface area (Å²) in [4.78, 5) is 24.0. The average Bonchev–Trinajstić information content (AvgIpc) is 2.65. The van der Waals surface area contributed by atoms with E-state index in [9.17, 15) is 9.59 Å². The van der Waals surface area contributed by atoms with Gasteiger partial charge in [0.2, 0.25) is 0 Å². The van der Waals surface area contributed by atoms with Gasteiger partial charge in [-0.1, -0.05) is 30.3 Å². The highest BCUT2D eigenvalue weighted by atomic mass is 16.5. The molecule has 6 heteroatoms. The summed E-state index contributed by atoms with van der Waals surface area (Å²) in [6.45, 7) is 5.11. The van der Waals surface area contributed by atoms with E-state index in [0.29, 0.717) is 43.4 Å². The molecule has 0 heterocycles. The van der Waals surface area contributed by atoms with E-state index in [1.165, 1.54) is 0 Å². The number of amides is 2. The van der Waals surface area contributed by atoms with E-state index in [1.54, 1.807) is 18.2 Å². The summed E-state index contributed by atoms with van der Waals surface area (Å²) >= 11 is 0. The van der Waals surface area contributed by atoms with Crippen LogP contribution in [0.25, 0.3) is 0 Å². The van der Waals surface area contributed by atoms with Crippen molar-refractivity contribution < 1.29 is 19.1 Å². The van der Waals surface area contributed by atoms with Crippen molar-refractivity contribution in [2.45, 2.75) is 20.3 Å². The van der Waals surface area contributed by atoms with Gasteiger partial charge in [0, 0.05) is 18.3 Å². The van der Waals surface area contributed by atoms with Crippen LogP contribution in [0.4, 0.5) is 5.69 Å². The maximum atomic E-state index is 12.0. The molecular formula is C20H24N2O4. The first-order valence-electron chi connectivity index (χ1n) is 8.66. The number of hydrogen-bond acceptors (Lipinski definition) is 4. The van der Waals surface area contributed by atoms with E-state index in [4.69, 9.17) is 9.47 Å². The number of nitrogens with one attached hydrogen (secondary N) is 2. The lowest BCUT2D eigenvalue weighted by atomic mass is 10.1. The quantitative estimate of drug-likeness (QED) is 0.713. The lowest BCUT2D eigenvalue weighted by molar-refractivity contribution is -0.136. The summed E-state index contributed by atoms with van der Waals surface area (Å²) in [6.07, 6.45) is 0.664. The third-order valence-corrected chi connectivity index (χ3v) is 3.55. The van der Waals surface area contributed by atoms with Gasteiger partial charge in [0.1, 0.15) is 0 Å². The second-order valence-corrected chi connectivity index (χ2v) is 5.47. The number of rotatable bonds is 8. The summed E-state index contributed by atoms with van der Waals surface area (Å²) in [6, 6.07) is 14.8. The first-order chi connectivity index (χ1) is 12.6. The summed E-state index contributed by atoms with van der Waals surface area (Å²) in [7, 11) is 0. The Morgan fingerprint density at radius 2 is 1.58 bits per heavy atom. The van der Waals surface area contributed by atoms with Crippen LogP contribution in [0, 0.1) is 0 Å². The van der Waals surface area contributed by atoms with Gasteiger partial charge in [0.05, 0.1) is 13.2 Å². The molecule has 0 fully saturated rings. The minimum atomic E-state index is -0.718. The Kier molecular flexibility index (Phi) is 7.49. The Balaban J connectivity index is 1.89. The molecule has 26 heavy (non-hydrogen) atoms. The molecule has 0 radical (unpaired) electrons. The first kappa shape index (κ1) is 19.3. The fourth-order valence-electron chi connectivity index (χ4n) is 2.36. The van der Waals surface area contributed by atoms with Crippen LogP contribution in [0.5, 0.6) is 11.5 Å². The second kappa shape index (κ2) is 10.1. The second-order valence-electron chi connectivity index (χ2n) is 5.47. The van der Waals surface area contributed by atoms with Crippen LogP contribution < -0.4 is 20.1 Å². The summed E-state index contributed by atoms with van der Waals surface area (Å²) in [5, 5.41) is 5.19. The van der Waals surface area contributed by atoms with Gasteiger partial charge < -0.3 is 20.1 Å².